The fourth-order valence-electron chi connectivity index (χ4n) is 2.75. The van der Waals surface area contributed by atoms with Crippen molar-refractivity contribution in [1.29, 1.82) is 0 Å². The Morgan fingerprint density at radius 3 is 2.43 bits per heavy atom. The van der Waals surface area contributed by atoms with Gasteiger partial charge in [-0.15, -0.1) is 0 Å². The first-order valence-corrected chi connectivity index (χ1v) is 9.74. The van der Waals surface area contributed by atoms with E-state index in [1.54, 1.807) is 18.3 Å². The topological polar surface area (TPSA) is 102 Å². The van der Waals surface area contributed by atoms with Crippen molar-refractivity contribution in [3.8, 4) is 11.4 Å². The number of benzene rings is 1. The van der Waals surface area contributed by atoms with Crippen LogP contribution < -0.4 is 16.4 Å². The lowest BCUT2D eigenvalue weighted by Crippen LogP contribution is -2.15. The van der Waals surface area contributed by atoms with Crippen molar-refractivity contribution in [3.63, 3.8) is 0 Å². The lowest BCUT2D eigenvalue weighted by atomic mass is 10.2. The minimum Gasteiger partial charge on any atom is -0.382 e. The molecule has 0 bridgehead atoms. The first-order chi connectivity index (χ1) is 13.6. The van der Waals surface area contributed by atoms with Crippen molar-refractivity contribution >= 4 is 40.7 Å². The zero-order valence-corrected chi connectivity index (χ0v) is 16.5. The summed E-state index contributed by atoms with van der Waals surface area (Å²) >= 11 is 12.4. The van der Waals surface area contributed by atoms with Crippen molar-refractivity contribution in [3.05, 3.63) is 52.4 Å². The molecule has 4 N–H and O–H groups in total. The highest BCUT2D eigenvalue weighted by molar-refractivity contribution is 6.36. The second kappa shape index (κ2) is 8.16. The van der Waals surface area contributed by atoms with Crippen molar-refractivity contribution in [2.45, 2.75) is 18.8 Å². The monoisotopic (exact) mass is 415 g/mol. The van der Waals surface area contributed by atoms with Crippen LogP contribution in [0, 0.1) is 0 Å². The van der Waals surface area contributed by atoms with E-state index in [0.717, 1.165) is 29.9 Å². The van der Waals surface area contributed by atoms with Crippen molar-refractivity contribution < 1.29 is 0 Å². The summed E-state index contributed by atoms with van der Waals surface area (Å²) in [6, 6.07) is 7.35. The molecule has 0 unspecified atom stereocenters. The number of nitrogens with two attached hydrogens (primary N) is 1. The Morgan fingerprint density at radius 1 is 0.964 bits per heavy atom. The molecule has 7 nitrogen and oxygen atoms in total. The van der Waals surface area contributed by atoms with E-state index in [-0.39, 0.29) is 0 Å². The van der Waals surface area contributed by atoms with Crippen LogP contribution in [0.2, 0.25) is 10.0 Å². The zero-order chi connectivity index (χ0) is 19.5. The average molecular weight is 416 g/mol. The Morgan fingerprint density at radius 2 is 1.75 bits per heavy atom. The normalized spacial score (nSPS) is 13.4. The van der Waals surface area contributed by atoms with Gasteiger partial charge in [-0.2, -0.15) is 0 Å². The smallest absolute Gasteiger partial charge is 0.163 e. The van der Waals surface area contributed by atoms with E-state index in [1.807, 2.05) is 12.1 Å². The van der Waals surface area contributed by atoms with Gasteiger partial charge in [0, 0.05) is 41.4 Å². The van der Waals surface area contributed by atoms with Gasteiger partial charge in [-0.25, -0.2) is 19.9 Å². The van der Waals surface area contributed by atoms with Crippen LogP contribution in [0.1, 0.15) is 24.5 Å². The van der Waals surface area contributed by atoms with Crippen LogP contribution in [0.5, 0.6) is 0 Å². The third-order valence-corrected chi connectivity index (χ3v) is 4.87. The molecule has 9 heteroatoms. The van der Waals surface area contributed by atoms with Crippen molar-refractivity contribution in [2.75, 3.05) is 29.5 Å². The molecule has 0 amide bonds. The summed E-state index contributed by atoms with van der Waals surface area (Å²) in [5.41, 5.74) is 7.35. The van der Waals surface area contributed by atoms with E-state index in [1.165, 1.54) is 6.20 Å². The number of anilines is 3. The highest BCUT2D eigenvalue weighted by Gasteiger charge is 2.26. The molecule has 2 aromatic heterocycles. The van der Waals surface area contributed by atoms with E-state index < -0.39 is 0 Å². The van der Waals surface area contributed by atoms with Crippen LogP contribution in [0.25, 0.3) is 11.4 Å². The van der Waals surface area contributed by atoms with Crippen LogP contribution in [0.4, 0.5) is 17.5 Å². The summed E-state index contributed by atoms with van der Waals surface area (Å²) in [5, 5.41) is 7.64. The molecule has 1 aromatic carbocycles. The quantitative estimate of drug-likeness (QED) is 0.496. The minimum atomic E-state index is 0.394. The van der Waals surface area contributed by atoms with Gasteiger partial charge in [0.15, 0.2) is 5.82 Å². The Bertz CT molecular complexity index is 975. The fourth-order valence-corrected chi connectivity index (χ4v) is 3.24. The molecule has 1 fully saturated rings. The number of nitrogens with one attached hydrogen (secondary N) is 2. The third-order valence-electron chi connectivity index (χ3n) is 4.32. The molecular weight excluding hydrogens is 397 g/mol. The zero-order valence-electron chi connectivity index (χ0n) is 15.0. The highest BCUT2D eigenvalue weighted by atomic mass is 35.5. The van der Waals surface area contributed by atoms with Gasteiger partial charge >= 0.3 is 0 Å². The second-order valence-electron chi connectivity index (χ2n) is 6.58. The number of nitrogens with zero attached hydrogens (tertiary/aromatic N) is 4. The maximum absolute atomic E-state index is 6.35. The van der Waals surface area contributed by atoms with Crippen LogP contribution in [-0.2, 0) is 0 Å². The summed E-state index contributed by atoms with van der Waals surface area (Å²) in [7, 11) is 0. The molecule has 0 aliphatic heterocycles. The Hall–Kier alpha value is -2.64. The van der Waals surface area contributed by atoms with Gasteiger partial charge in [-0.1, -0.05) is 23.2 Å². The first kappa shape index (κ1) is 18.7. The van der Waals surface area contributed by atoms with Gasteiger partial charge in [0.25, 0.3) is 0 Å². The molecule has 4 rings (SSSR count). The number of nitrogen functional groups attached to an aromatic ring is 1. The van der Waals surface area contributed by atoms with E-state index in [9.17, 15) is 0 Å². The van der Waals surface area contributed by atoms with Crippen LogP contribution in [-0.4, -0.2) is 33.0 Å². The van der Waals surface area contributed by atoms with Gasteiger partial charge in [0.1, 0.15) is 17.5 Å². The number of aromatic nitrogens is 4. The van der Waals surface area contributed by atoms with Crippen molar-refractivity contribution in [2.24, 2.45) is 0 Å². The Labute approximate surface area is 172 Å². The van der Waals surface area contributed by atoms with Crippen LogP contribution in [0.3, 0.4) is 0 Å². The maximum Gasteiger partial charge on any atom is 0.163 e. The van der Waals surface area contributed by atoms with Gasteiger partial charge in [-0.3, -0.25) is 0 Å². The fraction of sp³-hybridized carbons (Fsp3) is 0.263. The number of hydrogen-bond acceptors (Lipinski definition) is 7. The molecule has 144 valence electrons. The molecule has 0 spiro atoms. The van der Waals surface area contributed by atoms with E-state index in [2.05, 4.69) is 25.6 Å². The van der Waals surface area contributed by atoms with Gasteiger partial charge in [-0.05, 0) is 31.0 Å². The SMILES string of the molecule is Nc1cnc(NCCNc2cc(C3CC3)nc(-c3ccc(Cl)cc3Cl)n2)cn1. The van der Waals surface area contributed by atoms with E-state index in [0.29, 0.717) is 46.5 Å². The molecular formula is C19H19Cl2N7. The molecule has 0 radical (unpaired) electrons. The summed E-state index contributed by atoms with van der Waals surface area (Å²) in [5.74, 6) is 2.93. The average Bonchev–Trinajstić information content (AvgIpc) is 3.52. The number of hydrogen-bond donors (Lipinski definition) is 3. The van der Waals surface area contributed by atoms with Gasteiger partial charge in [0.05, 0.1) is 17.4 Å². The Kier molecular flexibility index (Phi) is 5.45. The second-order valence-corrected chi connectivity index (χ2v) is 7.42. The summed E-state index contributed by atoms with van der Waals surface area (Å²) < 4.78 is 0. The molecule has 0 atom stereocenters. The molecule has 2 heterocycles. The summed E-state index contributed by atoms with van der Waals surface area (Å²) in [6.45, 7) is 1.30. The largest absolute Gasteiger partial charge is 0.382 e. The lowest BCUT2D eigenvalue weighted by Gasteiger charge is -2.11. The van der Waals surface area contributed by atoms with Gasteiger partial charge < -0.3 is 16.4 Å². The number of halogens is 2. The first-order valence-electron chi connectivity index (χ1n) is 8.98. The molecule has 1 aliphatic rings. The highest BCUT2D eigenvalue weighted by Crippen LogP contribution is 2.40. The maximum atomic E-state index is 6.35. The van der Waals surface area contributed by atoms with Gasteiger partial charge in [0.2, 0.25) is 0 Å². The molecule has 0 saturated heterocycles. The van der Waals surface area contributed by atoms with E-state index >= 15 is 0 Å². The predicted octanol–water partition coefficient (Wildman–Crippen LogP) is 4.22. The summed E-state index contributed by atoms with van der Waals surface area (Å²) in [4.78, 5) is 17.5. The minimum absolute atomic E-state index is 0.394. The Balaban J connectivity index is 1.47. The standard InChI is InChI=1S/C19H19Cl2N7/c20-12-3-4-13(14(21)7-12)19-27-15(11-1-2-11)8-17(28-19)23-5-6-24-18-10-25-16(22)9-26-18/h3-4,7-11H,1-2,5-6H2,(H2,22,25)(H,24,26)(H,23,27,28). The third kappa shape index (κ3) is 4.61. The van der Waals surface area contributed by atoms with Crippen LogP contribution in [0.15, 0.2) is 36.7 Å². The lowest BCUT2D eigenvalue weighted by molar-refractivity contribution is 0.978. The molecule has 1 aliphatic carbocycles. The van der Waals surface area contributed by atoms with Crippen LogP contribution >= 0.6 is 23.2 Å². The molecule has 28 heavy (non-hydrogen) atoms. The molecule has 1 saturated carbocycles. The molecule has 3 aromatic rings. The van der Waals surface area contributed by atoms with Crippen molar-refractivity contribution in [1.82, 2.24) is 19.9 Å². The number of rotatable bonds is 7. The van der Waals surface area contributed by atoms with E-state index in [4.69, 9.17) is 33.9 Å². The predicted molar refractivity (Wildman–Crippen MR) is 113 cm³/mol. The summed E-state index contributed by atoms with van der Waals surface area (Å²) in [6.07, 6.45) is 5.43.